The fourth-order valence-electron chi connectivity index (χ4n) is 11.1. The van der Waals surface area contributed by atoms with Gasteiger partial charge < -0.3 is 9.47 Å². The molecule has 0 fully saturated rings. The van der Waals surface area contributed by atoms with Crippen LogP contribution in [0, 0.1) is 5.92 Å². The molecule has 1 aromatic heterocycles. The van der Waals surface area contributed by atoms with Crippen LogP contribution >= 0.6 is 0 Å². The molecule has 9 aromatic rings. The van der Waals surface area contributed by atoms with E-state index in [0.29, 0.717) is 40.5 Å². The first-order chi connectivity index (χ1) is 34.2. The predicted octanol–water partition coefficient (Wildman–Crippen LogP) is 15.7. The largest absolute Gasteiger partial charge is 0.449 e. The SMILES string of the molecule is C1=CC2c3cc4c(cc3C(c3ccccc3)(c3ccccc3)C2C=C1)Oc1c(cccc1-c1cccc(-c2nc(C3=CC(c5ccccc5)CC=C3)nc(-c3cccc(-c5ccccc5)c3)n2)c1)O4. The van der Waals surface area contributed by atoms with Crippen molar-refractivity contribution in [2.24, 2.45) is 5.92 Å². The van der Waals surface area contributed by atoms with Gasteiger partial charge in [-0.2, -0.15) is 0 Å². The van der Waals surface area contributed by atoms with E-state index in [4.69, 9.17) is 24.4 Å². The normalized spacial score (nSPS) is 17.9. The summed E-state index contributed by atoms with van der Waals surface area (Å²) in [4.78, 5) is 15.6. The summed E-state index contributed by atoms with van der Waals surface area (Å²) < 4.78 is 14.0. The van der Waals surface area contributed by atoms with Gasteiger partial charge in [0.05, 0.1) is 5.41 Å². The molecule has 3 unspecified atom stereocenters. The van der Waals surface area contributed by atoms with Crippen molar-refractivity contribution in [3.8, 4) is 68.0 Å². The molecule has 328 valence electrons. The van der Waals surface area contributed by atoms with Gasteiger partial charge in [0.15, 0.2) is 40.5 Å². The molecule has 5 nitrogen and oxygen atoms in total. The lowest BCUT2D eigenvalue weighted by Gasteiger charge is -2.39. The second kappa shape index (κ2) is 16.9. The van der Waals surface area contributed by atoms with Gasteiger partial charge in [0.2, 0.25) is 0 Å². The summed E-state index contributed by atoms with van der Waals surface area (Å²) in [5, 5.41) is 0. The highest BCUT2D eigenvalue weighted by Crippen LogP contribution is 2.62. The number of hydrogen-bond donors (Lipinski definition) is 0. The minimum absolute atomic E-state index is 0.159. The van der Waals surface area contributed by atoms with Gasteiger partial charge in [-0.3, -0.25) is 0 Å². The van der Waals surface area contributed by atoms with Crippen molar-refractivity contribution in [2.75, 3.05) is 0 Å². The number of allylic oxidation sites excluding steroid dienone is 8. The van der Waals surface area contributed by atoms with Crippen LogP contribution in [0.15, 0.2) is 243 Å². The molecule has 5 heteroatoms. The van der Waals surface area contributed by atoms with E-state index >= 15 is 0 Å². The number of fused-ring (bicyclic) bond motifs is 5. The van der Waals surface area contributed by atoms with Crippen molar-refractivity contribution in [1.82, 2.24) is 15.0 Å². The third kappa shape index (κ3) is 7.05. The first-order valence-electron chi connectivity index (χ1n) is 23.8. The third-order valence-electron chi connectivity index (χ3n) is 14.3. The number of hydrogen-bond acceptors (Lipinski definition) is 5. The van der Waals surface area contributed by atoms with E-state index in [0.717, 1.165) is 45.4 Å². The zero-order valence-corrected chi connectivity index (χ0v) is 37.7. The summed E-state index contributed by atoms with van der Waals surface area (Å²) in [5.74, 6) is 5.11. The van der Waals surface area contributed by atoms with E-state index in [1.807, 2.05) is 18.2 Å². The van der Waals surface area contributed by atoms with Gasteiger partial charge >= 0.3 is 0 Å². The fraction of sp³-hybridized carbons (Fsp3) is 0.0781. The maximum Gasteiger partial charge on any atom is 0.177 e. The molecule has 1 aliphatic heterocycles. The second-order valence-electron chi connectivity index (χ2n) is 18.2. The molecule has 4 aliphatic rings. The quantitative estimate of drug-likeness (QED) is 0.152. The van der Waals surface area contributed by atoms with E-state index in [9.17, 15) is 0 Å². The third-order valence-corrected chi connectivity index (χ3v) is 14.3. The van der Waals surface area contributed by atoms with Crippen molar-refractivity contribution >= 4 is 5.57 Å². The molecular weight excluding hydrogens is 843 g/mol. The molecule has 69 heavy (non-hydrogen) atoms. The van der Waals surface area contributed by atoms with Crippen LogP contribution in [0.1, 0.15) is 51.9 Å². The van der Waals surface area contributed by atoms with Crippen LogP contribution in [-0.4, -0.2) is 15.0 Å². The van der Waals surface area contributed by atoms with Gasteiger partial charge in [-0.1, -0.05) is 212 Å². The number of rotatable bonds is 8. The molecule has 0 amide bonds. The molecule has 0 bridgehead atoms. The van der Waals surface area contributed by atoms with E-state index in [1.165, 1.54) is 27.8 Å². The molecule has 3 aliphatic carbocycles. The van der Waals surface area contributed by atoms with Gasteiger partial charge in [0, 0.05) is 40.0 Å². The van der Waals surface area contributed by atoms with E-state index in [-0.39, 0.29) is 17.8 Å². The average Bonchev–Trinajstić information content (AvgIpc) is 3.72. The topological polar surface area (TPSA) is 57.1 Å². The molecule has 8 aromatic carbocycles. The zero-order chi connectivity index (χ0) is 45.7. The van der Waals surface area contributed by atoms with Gasteiger partial charge in [-0.05, 0) is 81.3 Å². The van der Waals surface area contributed by atoms with Crippen LogP contribution in [0.5, 0.6) is 23.0 Å². The first kappa shape index (κ1) is 40.6. The molecule has 3 atom stereocenters. The Morgan fingerprint density at radius 1 is 0.464 bits per heavy atom. The summed E-state index contributed by atoms with van der Waals surface area (Å²) >= 11 is 0. The number of para-hydroxylation sites is 1. The number of benzene rings is 8. The minimum atomic E-state index is -0.451. The minimum Gasteiger partial charge on any atom is -0.449 e. The molecule has 0 saturated heterocycles. The molecule has 0 spiro atoms. The number of nitrogens with zero attached hydrogens (tertiary/aromatic N) is 3. The smallest absolute Gasteiger partial charge is 0.177 e. The van der Waals surface area contributed by atoms with E-state index in [1.54, 1.807) is 0 Å². The lowest BCUT2D eigenvalue weighted by molar-refractivity contribution is 0.359. The highest BCUT2D eigenvalue weighted by Gasteiger charge is 2.53. The molecule has 0 N–H and O–H groups in total. The number of ether oxygens (including phenoxy) is 2. The van der Waals surface area contributed by atoms with Crippen molar-refractivity contribution in [3.05, 3.63) is 276 Å². The lowest BCUT2D eigenvalue weighted by atomic mass is 9.63. The fourth-order valence-corrected chi connectivity index (χ4v) is 11.1. The van der Waals surface area contributed by atoms with Crippen LogP contribution in [0.3, 0.4) is 0 Å². The van der Waals surface area contributed by atoms with Crippen LogP contribution < -0.4 is 9.47 Å². The van der Waals surface area contributed by atoms with Crippen molar-refractivity contribution < 1.29 is 9.47 Å². The Labute approximate surface area is 402 Å². The van der Waals surface area contributed by atoms with Crippen LogP contribution in [-0.2, 0) is 5.41 Å². The van der Waals surface area contributed by atoms with Gasteiger partial charge in [0.1, 0.15) is 0 Å². The highest BCUT2D eigenvalue weighted by atomic mass is 16.6. The highest BCUT2D eigenvalue weighted by molar-refractivity contribution is 5.81. The Balaban J connectivity index is 0.912. The van der Waals surface area contributed by atoms with Gasteiger partial charge in [0.25, 0.3) is 0 Å². The summed E-state index contributed by atoms with van der Waals surface area (Å²) in [6.45, 7) is 0. The van der Waals surface area contributed by atoms with Crippen LogP contribution in [0.4, 0.5) is 0 Å². The summed E-state index contributed by atoms with van der Waals surface area (Å²) in [6, 6.07) is 70.4. The monoisotopic (exact) mass is 887 g/mol. The molecular formula is C64H45N3O2. The molecule has 13 rings (SSSR count). The molecule has 0 saturated carbocycles. The summed E-state index contributed by atoms with van der Waals surface area (Å²) in [7, 11) is 0. The first-order valence-corrected chi connectivity index (χ1v) is 23.8. The standard InChI is InChI=1S/C64H45N3O2/c1-5-19-42(20-6-1)44-23-15-26-47(37-44)61-65-62(48-27-16-24-45(38-48)43-21-7-2-8-22-43)67-63(66-61)49-28-17-25-46(39-49)52-34-18-36-57-60(52)69-59-41-56-54(40-58(59)68-57)53-33-13-14-35-55(53)64(56,50-29-9-3-10-30-50)51-31-11-4-12-32-51/h1-23,25-41,45,53,55H,24H2. The Hall–Kier alpha value is -8.67. The van der Waals surface area contributed by atoms with Crippen molar-refractivity contribution in [3.63, 3.8) is 0 Å². The predicted molar refractivity (Wildman–Crippen MR) is 276 cm³/mol. The van der Waals surface area contributed by atoms with Crippen LogP contribution in [0.2, 0.25) is 0 Å². The van der Waals surface area contributed by atoms with Gasteiger partial charge in [-0.25, -0.2) is 15.0 Å². The maximum atomic E-state index is 7.10. The van der Waals surface area contributed by atoms with Crippen molar-refractivity contribution in [1.29, 1.82) is 0 Å². The average molecular weight is 888 g/mol. The Morgan fingerprint density at radius 3 is 1.77 bits per heavy atom. The van der Waals surface area contributed by atoms with Crippen molar-refractivity contribution in [2.45, 2.75) is 23.7 Å². The maximum absolute atomic E-state index is 7.10. The Morgan fingerprint density at radius 2 is 1.04 bits per heavy atom. The van der Waals surface area contributed by atoms with Crippen LogP contribution in [0.25, 0.3) is 50.6 Å². The summed E-state index contributed by atoms with van der Waals surface area (Å²) in [5.41, 5.74) is 12.6. The Kier molecular flexibility index (Phi) is 9.94. The second-order valence-corrected chi connectivity index (χ2v) is 18.2. The van der Waals surface area contributed by atoms with E-state index in [2.05, 4.69) is 225 Å². The summed E-state index contributed by atoms with van der Waals surface area (Å²) in [6.07, 6.45) is 16.7. The number of aromatic nitrogens is 3. The zero-order valence-electron chi connectivity index (χ0n) is 37.7. The van der Waals surface area contributed by atoms with E-state index < -0.39 is 5.41 Å². The Bertz CT molecular complexity index is 3500. The molecule has 0 radical (unpaired) electrons. The molecule has 2 heterocycles. The lowest BCUT2D eigenvalue weighted by Crippen LogP contribution is -2.35. The van der Waals surface area contributed by atoms with Gasteiger partial charge in [-0.15, -0.1) is 0 Å².